The molecule has 3 aromatic rings. The Bertz CT molecular complexity index is 1410. The van der Waals surface area contributed by atoms with E-state index >= 15 is 0 Å². The van der Waals surface area contributed by atoms with Crippen LogP contribution in [-0.4, -0.2) is 87.6 Å². The highest BCUT2D eigenvalue weighted by atomic mass is 32.2. The third-order valence-corrected chi connectivity index (χ3v) is 9.45. The fourth-order valence-corrected chi connectivity index (χ4v) is 6.96. The average Bonchev–Trinajstić information content (AvgIpc) is 3.32. The standard InChI is InChI=1S/C30H40N4O5S/c1-22-18-26(38-6)19-23(2)30(22)40(36,37)32(5)16-17-39-21-28(35)34-15-14-33-25(20-31(3)4)12-13-27(33)29(34)24-10-8-7-9-11-24/h7-13,18-19,29H,14-17,20-21H2,1-6H3. The zero-order valence-corrected chi connectivity index (χ0v) is 25.1. The molecule has 40 heavy (non-hydrogen) atoms. The maximum Gasteiger partial charge on any atom is 0.249 e. The number of aryl methyl sites for hydroxylation is 2. The Morgan fingerprint density at radius 3 is 2.30 bits per heavy atom. The predicted molar refractivity (Wildman–Crippen MR) is 155 cm³/mol. The second-order valence-electron chi connectivity index (χ2n) is 10.5. The monoisotopic (exact) mass is 568 g/mol. The molecule has 1 aliphatic heterocycles. The molecule has 1 unspecified atom stereocenters. The molecule has 0 radical (unpaired) electrons. The summed E-state index contributed by atoms with van der Waals surface area (Å²) in [7, 11) is 3.44. The molecule has 216 valence electrons. The number of hydrogen-bond acceptors (Lipinski definition) is 6. The Kier molecular flexibility index (Phi) is 9.35. The molecule has 0 spiro atoms. The number of carbonyl (C=O) groups is 1. The largest absolute Gasteiger partial charge is 0.497 e. The van der Waals surface area contributed by atoms with Crippen LogP contribution < -0.4 is 4.74 Å². The van der Waals surface area contributed by atoms with Crippen LogP contribution >= 0.6 is 0 Å². The number of fused-ring (bicyclic) bond motifs is 1. The Hall–Kier alpha value is -3.18. The number of carbonyl (C=O) groups excluding carboxylic acids is 1. The molecule has 1 amide bonds. The number of likely N-dealkylation sites (N-methyl/N-ethyl adjacent to an activating group) is 1. The van der Waals surface area contributed by atoms with Crippen LogP contribution in [-0.2, 0) is 32.6 Å². The molecule has 9 nitrogen and oxygen atoms in total. The van der Waals surface area contributed by atoms with Gasteiger partial charge in [-0.1, -0.05) is 30.3 Å². The van der Waals surface area contributed by atoms with Crippen molar-refractivity contribution in [1.29, 1.82) is 0 Å². The van der Waals surface area contributed by atoms with Crippen LogP contribution in [0.5, 0.6) is 5.75 Å². The number of rotatable bonds is 11. The summed E-state index contributed by atoms with van der Waals surface area (Å²) in [5.41, 5.74) is 4.59. The molecule has 0 saturated heterocycles. The van der Waals surface area contributed by atoms with Crippen molar-refractivity contribution in [1.82, 2.24) is 18.7 Å². The normalized spacial score (nSPS) is 15.5. The van der Waals surface area contributed by atoms with Gasteiger partial charge in [0, 0.05) is 44.6 Å². The van der Waals surface area contributed by atoms with Crippen LogP contribution in [0, 0.1) is 13.8 Å². The van der Waals surface area contributed by atoms with Gasteiger partial charge in [-0.05, 0) is 68.9 Å². The van der Waals surface area contributed by atoms with Gasteiger partial charge in [-0.2, -0.15) is 4.31 Å². The van der Waals surface area contributed by atoms with Gasteiger partial charge in [0.25, 0.3) is 0 Å². The Balaban J connectivity index is 1.42. The minimum absolute atomic E-state index is 0.100. The van der Waals surface area contributed by atoms with Crippen LogP contribution in [0.15, 0.2) is 59.5 Å². The summed E-state index contributed by atoms with van der Waals surface area (Å²) in [6, 6.07) is 17.5. The first-order chi connectivity index (χ1) is 19.0. The second-order valence-corrected chi connectivity index (χ2v) is 12.5. The molecule has 0 bridgehead atoms. The highest BCUT2D eigenvalue weighted by Crippen LogP contribution is 2.34. The van der Waals surface area contributed by atoms with Crippen molar-refractivity contribution >= 4 is 15.9 Å². The molecule has 2 heterocycles. The van der Waals surface area contributed by atoms with Crippen molar-refractivity contribution in [2.24, 2.45) is 0 Å². The van der Waals surface area contributed by atoms with Gasteiger partial charge in [0.1, 0.15) is 12.4 Å². The van der Waals surface area contributed by atoms with Gasteiger partial charge in [-0.25, -0.2) is 8.42 Å². The number of aromatic nitrogens is 1. The second kappa shape index (κ2) is 12.6. The van der Waals surface area contributed by atoms with Crippen molar-refractivity contribution in [3.8, 4) is 5.75 Å². The highest BCUT2D eigenvalue weighted by molar-refractivity contribution is 7.89. The quantitative estimate of drug-likeness (QED) is 0.330. The Morgan fingerprint density at radius 2 is 1.68 bits per heavy atom. The lowest BCUT2D eigenvalue weighted by Crippen LogP contribution is -2.44. The van der Waals surface area contributed by atoms with Crippen LogP contribution in [0.4, 0.5) is 0 Å². The van der Waals surface area contributed by atoms with Crippen molar-refractivity contribution in [3.63, 3.8) is 0 Å². The predicted octanol–water partition coefficient (Wildman–Crippen LogP) is 3.44. The van der Waals surface area contributed by atoms with Gasteiger partial charge in [0.15, 0.2) is 0 Å². The average molecular weight is 569 g/mol. The Morgan fingerprint density at radius 1 is 1.00 bits per heavy atom. The third kappa shape index (κ3) is 6.25. The number of amides is 1. The van der Waals surface area contributed by atoms with E-state index in [0.29, 0.717) is 30.0 Å². The molecular weight excluding hydrogens is 528 g/mol. The van der Waals surface area contributed by atoms with Gasteiger partial charge in [0.05, 0.1) is 24.7 Å². The van der Waals surface area contributed by atoms with Crippen LogP contribution in [0.3, 0.4) is 0 Å². The van der Waals surface area contributed by atoms with E-state index in [9.17, 15) is 13.2 Å². The van der Waals surface area contributed by atoms with E-state index in [-0.39, 0.29) is 36.6 Å². The fourth-order valence-electron chi connectivity index (χ4n) is 5.40. The van der Waals surface area contributed by atoms with E-state index in [4.69, 9.17) is 9.47 Å². The Labute approximate surface area is 237 Å². The fraction of sp³-hybridized carbons (Fsp3) is 0.433. The van der Waals surface area contributed by atoms with Gasteiger partial charge < -0.3 is 23.8 Å². The first-order valence-corrected chi connectivity index (χ1v) is 14.9. The number of methoxy groups -OCH3 is 1. The van der Waals surface area contributed by atoms with Crippen LogP contribution in [0.25, 0.3) is 0 Å². The zero-order chi connectivity index (χ0) is 29.0. The van der Waals surface area contributed by atoms with Crippen molar-refractivity contribution in [2.45, 2.75) is 37.9 Å². The van der Waals surface area contributed by atoms with E-state index in [1.807, 2.05) is 49.3 Å². The minimum Gasteiger partial charge on any atom is -0.497 e. The van der Waals surface area contributed by atoms with Crippen molar-refractivity contribution in [2.75, 3.05) is 54.6 Å². The van der Waals surface area contributed by atoms with Crippen LogP contribution in [0.1, 0.15) is 34.1 Å². The van der Waals surface area contributed by atoms with Gasteiger partial charge in [-0.15, -0.1) is 0 Å². The smallest absolute Gasteiger partial charge is 0.249 e. The molecule has 1 aliphatic rings. The topological polar surface area (TPSA) is 84.3 Å². The number of ether oxygens (including phenoxy) is 2. The number of nitrogens with zero attached hydrogens (tertiary/aromatic N) is 4. The lowest BCUT2D eigenvalue weighted by atomic mass is 10.00. The summed E-state index contributed by atoms with van der Waals surface area (Å²) in [5, 5.41) is 0. The molecule has 1 atom stereocenters. The maximum absolute atomic E-state index is 13.4. The third-order valence-electron chi connectivity index (χ3n) is 7.29. The molecule has 0 N–H and O–H groups in total. The van der Waals surface area contributed by atoms with Crippen LogP contribution in [0.2, 0.25) is 0 Å². The molecule has 2 aromatic carbocycles. The SMILES string of the molecule is COc1cc(C)c(S(=O)(=O)N(C)CCOCC(=O)N2CCn3c(CN(C)C)ccc3C2c2ccccc2)c(C)c1. The molecular formula is C30H40N4O5S. The van der Waals surface area contributed by atoms with Gasteiger partial charge >= 0.3 is 0 Å². The van der Waals surface area contributed by atoms with E-state index in [1.54, 1.807) is 33.1 Å². The summed E-state index contributed by atoms with van der Waals surface area (Å²) >= 11 is 0. The summed E-state index contributed by atoms with van der Waals surface area (Å²) in [6.07, 6.45) is 0. The maximum atomic E-state index is 13.4. The lowest BCUT2D eigenvalue weighted by Gasteiger charge is -2.38. The highest BCUT2D eigenvalue weighted by Gasteiger charge is 2.33. The van der Waals surface area contributed by atoms with Crippen molar-refractivity contribution in [3.05, 3.63) is 82.7 Å². The molecule has 0 aliphatic carbocycles. The van der Waals surface area contributed by atoms with E-state index < -0.39 is 10.0 Å². The van der Waals surface area contributed by atoms with E-state index in [0.717, 1.165) is 17.8 Å². The molecule has 1 aromatic heterocycles. The molecule has 0 saturated carbocycles. The number of benzene rings is 2. The summed E-state index contributed by atoms with van der Waals surface area (Å²) in [6.45, 7) is 5.71. The lowest BCUT2D eigenvalue weighted by molar-refractivity contribution is -0.139. The molecule has 0 fully saturated rings. The number of sulfonamides is 1. The first-order valence-electron chi connectivity index (χ1n) is 13.4. The summed E-state index contributed by atoms with van der Waals surface area (Å²) in [4.78, 5) is 17.7. The van der Waals surface area contributed by atoms with E-state index in [1.165, 1.54) is 17.0 Å². The molecule has 10 heteroatoms. The summed E-state index contributed by atoms with van der Waals surface area (Å²) < 4.78 is 41.2. The van der Waals surface area contributed by atoms with E-state index in [2.05, 4.69) is 21.6 Å². The van der Waals surface area contributed by atoms with Gasteiger partial charge in [0.2, 0.25) is 15.9 Å². The van der Waals surface area contributed by atoms with Crippen molar-refractivity contribution < 1.29 is 22.7 Å². The number of hydrogen-bond donors (Lipinski definition) is 0. The first kappa shape index (κ1) is 29.8. The van der Waals surface area contributed by atoms with Gasteiger partial charge in [-0.3, -0.25) is 4.79 Å². The minimum atomic E-state index is -3.73. The summed E-state index contributed by atoms with van der Waals surface area (Å²) in [5.74, 6) is 0.494. The molecule has 4 rings (SSSR count). The zero-order valence-electron chi connectivity index (χ0n) is 24.3.